The quantitative estimate of drug-likeness (QED) is 0.381. The molecule has 0 N–H and O–H groups in total. The summed E-state index contributed by atoms with van der Waals surface area (Å²) in [4.78, 5) is 2.47. The molecule has 2 heteroatoms. The first-order chi connectivity index (χ1) is 4.34. The van der Waals surface area contributed by atoms with Gasteiger partial charge in [-0.05, 0) is 0 Å². The van der Waals surface area contributed by atoms with E-state index < -0.39 is 0 Å². The van der Waals surface area contributed by atoms with Crippen LogP contribution in [0.4, 0.5) is 0 Å². The molecule has 1 aliphatic rings. The molecule has 1 heterocycles. The fraction of sp³-hybridized carbons (Fsp3) is 0.714. The summed E-state index contributed by atoms with van der Waals surface area (Å²) >= 11 is 2.21. The van der Waals surface area contributed by atoms with Crippen molar-refractivity contribution < 1.29 is 0 Å². The number of hydrogen-bond acceptors (Lipinski definition) is 1. The summed E-state index contributed by atoms with van der Waals surface area (Å²) in [7, 11) is 0. The van der Waals surface area contributed by atoms with Crippen molar-refractivity contribution in [2.75, 3.05) is 13.1 Å². The van der Waals surface area contributed by atoms with Gasteiger partial charge in [0.25, 0.3) is 0 Å². The van der Waals surface area contributed by atoms with Crippen molar-refractivity contribution in [2.24, 2.45) is 0 Å². The molecule has 1 aliphatic heterocycles. The van der Waals surface area contributed by atoms with E-state index in [1.165, 1.54) is 25.9 Å². The van der Waals surface area contributed by atoms with Crippen LogP contribution in [0.5, 0.6) is 0 Å². The van der Waals surface area contributed by atoms with E-state index in [1.54, 1.807) is 0 Å². The van der Waals surface area contributed by atoms with Gasteiger partial charge in [0, 0.05) is 0 Å². The maximum absolute atomic E-state index is 3.76. The number of nitrogens with zero attached hydrogens (tertiary/aromatic N) is 1. The van der Waals surface area contributed by atoms with E-state index in [2.05, 4.69) is 29.2 Å². The van der Waals surface area contributed by atoms with Gasteiger partial charge in [-0.15, -0.1) is 0 Å². The summed E-state index contributed by atoms with van der Waals surface area (Å²) in [5, 5.41) is 0. The van der Waals surface area contributed by atoms with Crippen LogP contribution in [0.25, 0.3) is 0 Å². The van der Waals surface area contributed by atoms with Crippen LogP contribution in [0.1, 0.15) is 12.8 Å². The van der Waals surface area contributed by atoms with Gasteiger partial charge in [-0.1, -0.05) is 0 Å². The molecule has 9 heavy (non-hydrogen) atoms. The first kappa shape index (κ1) is 7.40. The Morgan fingerprint density at radius 1 is 1.44 bits per heavy atom. The summed E-state index contributed by atoms with van der Waals surface area (Å²) in [5.41, 5.74) is 0. The SMILES string of the molecule is [Li][CH](C=C)N1CCCC1. The third-order valence-electron chi connectivity index (χ3n) is 2.06. The van der Waals surface area contributed by atoms with Gasteiger partial charge in [-0.25, -0.2) is 0 Å². The van der Waals surface area contributed by atoms with Gasteiger partial charge in [0.05, 0.1) is 0 Å². The molecule has 1 nitrogen and oxygen atoms in total. The molecule has 1 fully saturated rings. The fourth-order valence-corrected chi connectivity index (χ4v) is 1.30. The molecule has 0 aromatic rings. The van der Waals surface area contributed by atoms with Gasteiger partial charge in [0.15, 0.2) is 0 Å². The maximum atomic E-state index is 3.76. The molecule has 1 rings (SSSR count). The second-order valence-corrected chi connectivity index (χ2v) is 2.72. The Morgan fingerprint density at radius 3 is 2.44 bits per heavy atom. The number of likely N-dealkylation sites (tertiary alicyclic amines) is 1. The Labute approximate surface area is 66.3 Å². The van der Waals surface area contributed by atoms with Gasteiger partial charge in [0.2, 0.25) is 0 Å². The summed E-state index contributed by atoms with van der Waals surface area (Å²) in [5.74, 6) is 0. The average molecular weight is 117 g/mol. The van der Waals surface area contributed by atoms with Crippen LogP contribution in [0.2, 0.25) is 0 Å². The van der Waals surface area contributed by atoms with Crippen LogP contribution in [0, 0.1) is 0 Å². The van der Waals surface area contributed by atoms with E-state index in [0.29, 0.717) is 4.71 Å². The van der Waals surface area contributed by atoms with E-state index in [1.807, 2.05) is 6.08 Å². The van der Waals surface area contributed by atoms with Gasteiger partial charge >= 0.3 is 65.9 Å². The summed E-state index contributed by atoms with van der Waals surface area (Å²) < 4.78 is 0.590. The molecular formula is C7H12LiN. The predicted molar refractivity (Wildman–Crippen MR) is 40.5 cm³/mol. The molecule has 1 atom stereocenters. The monoisotopic (exact) mass is 117 g/mol. The predicted octanol–water partition coefficient (Wildman–Crippen LogP) is 0.763. The molecule has 0 saturated carbocycles. The Hall–Kier alpha value is 0.297. The zero-order valence-corrected chi connectivity index (χ0v) is 6.14. The Morgan fingerprint density at radius 2 is 2.00 bits per heavy atom. The molecule has 0 bridgehead atoms. The van der Waals surface area contributed by atoms with Crippen LogP contribution < -0.4 is 0 Å². The number of hydrogen-bond donors (Lipinski definition) is 0. The third kappa shape index (κ3) is 1.86. The van der Waals surface area contributed by atoms with Crippen LogP contribution in [0.15, 0.2) is 12.7 Å². The normalized spacial score (nSPS) is 24.2. The van der Waals surface area contributed by atoms with Crippen LogP contribution in [-0.2, 0) is 0 Å². The van der Waals surface area contributed by atoms with Crippen molar-refractivity contribution in [3.63, 3.8) is 0 Å². The zero-order chi connectivity index (χ0) is 6.69. The molecule has 1 saturated heterocycles. The molecule has 0 aromatic heterocycles. The Balaban J connectivity index is 2.32. The molecule has 1 unspecified atom stereocenters. The summed E-state index contributed by atoms with van der Waals surface area (Å²) in [6.07, 6.45) is 4.77. The Bertz CT molecular complexity index is 97.1. The second-order valence-electron chi connectivity index (χ2n) is 2.72. The zero-order valence-electron chi connectivity index (χ0n) is 6.14. The fourth-order valence-electron chi connectivity index (χ4n) is 1.30. The van der Waals surface area contributed by atoms with Gasteiger partial charge in [-0.3, -0.25) is 0 Å². The van der Waals surface area contributed by atoms with Gasteiger partial charge in [0.1, 0.15) is 0 Å². The molecule has 0 spiro atoms. The average Bonchev–Trinajstić information content (AvgIpc) is 2.37. The minimum absolute atomic E-state index is 0.590. The van der Waals surface area contributed by atoms with Crippen molar-refractivity contribution in [3.05, 3.63) is 12.7 Å². The van der Waals surface area contributed by atoms with Crippen LogP contribution >= 0.6 is 0 Å². The number of rotatable bonds is 2. The minimum atomic E-state index is 0.590. The molecular weight excluding hydrogens is 105 g/mol. The third-order valence-corrected chi connectivity index (χ3v) is 2.06. The van der Waals surface area contributed by atoms with Crippen LogP contribution in [-0.4, -0.2) is 40.4 Å². The summed E-state index contributed by atoms with van der Waals surface area (Å²) in [6.45, 7) is 6.31. The molecule has 46 valence electrons. The Kier molecular flexibility index (Phi) is 2.85. The summed E-state index contributed by atoms with van der Waals surface area (Å²) in [6, 6.07) is 0. The first-order valence-corrected chi connectivity index (χ1v) is 3.71. The molecule has 0 amide bonds. The van der Waals surface area contributed by atoms with Crippen molar-refractivity contribution >= 4 is 17.7 Å². The molecule has 0 aromatic carbocycles. The molecule has 0 aliphatic carbocycles. The van der Waals surface area contributed by atoms with E-state index in [9.17, 15) is 0 Å². The van der Waals surface area contributed by atoms with Crippen LogP contribution in [0.3, 0.4) is 0 Å². The van der Waals surface area contributed by atoms with Crippen molar-refractivity contribution in [1.82, 2.24) is 4.90 Å². The van der Waals surface area contributed by atoms with Crippen molar-refractivity contribution in [1.29, 1.82) is 0 Å². The van der Waals surface area contributed by atoms with Crippen molar-refractivity contribution in [2.45, 2.75) is 17.6 Å². The standard InChI is InChI=1S/C7H12N.Li/c1-2-5-8-6-3-4-7-8;/h2,5H,1,3-4,6-7H2;. The van der Waals surface area contributed by atoms with Gasteiger partial charge in [-0.2, -0.15) is 0 Å². The first-order valence-electron chi connectivity index (χ1n) is 3.71. The van der Waals surface area contributed by atoms with E-state index in [0.717, 1.165) is 0 Å². The van der Waals surface area contributed by atoms with E-state index >= 15 is 0 Å². The van der Waals surface area contributed by atoms with E-state index in [-0.39, 0.29) is 0 Å². The van der Waals surface area contributed by atoms with E-state index in [4.69, 9.17) is 0 Å². The van der Waals surface area contributed by atoms with Gasteiger partial charge < -0.3 is 0 Å². The topological polar surface area (TPSA) is 3.24 Å². The molecule has 0 radical (unpaired) electrons. The second kappa shape index (κ2) is 3.46. The van der Waals surface area contributed by atoms with Crippen molar-refractivity contribution in [3.8, 4) is 0 Å².